The number of allylic oxidation sites excluding steroid dienone is 9. The molecule has 61 heavy (non-hydrogen) atoms. The van der Waals surface area contributed by atoms with Gasteiger partial charge in [-0.25, -0.2) is 4.57 Å². The van der Waals surface area contributed by atoms with Gasteiger partial charge in [0.25, 0.3) is 0 Å². The molecule has 0 saturated heterocycles. The number of likely N-dealkylation sites (N-methyl/N-ethyl adjacent to an activating group) is 1. The molecule has 0 aromatic rings. The molecule has 0 heterocycles. The summed E-state index contributed by atoms with van der Waals surface area (Å²) in [5, 5.41) is 9.75. The summed E-state index contributed by atoms with van der Waals surface area (Å²) in [6.45, 7) is 4.14. The Hall–Kier alpha value is -2.33. The van der Waals surface area contributed by atoms with Gasteiger partial charge in [-0.2, -0.15) is 0 Å². The zero-order valence-electron chi connectivity index (χ0n) is 39.5. The molecule has 0 amide bonds. The standard InChI is InChI=1S/C50H90NO9P/c1-6-8-9-10-11-12-13-14-15-16-17-18-19-22-25-28-31-34-37-41-49(53)57-45-48(46-59-61(55,56)58-44-43-51(3,4)5)60-50(54)42-38-35-32-29-26-23-20-21-24-27-30-33-36-40-47(52)39-7-2/h14-15,20,23-24,27,29,32-33,36,47-48,52H,6-13,16-19,21-22,25-26,28,30-31,34-35,37-46H2,1-5H3/p+1/b15-14-,23-20-,27-24-,32-29-,36-33-/t47?,48-/m1/s1. The number of esters is 2. The van der Waals surface area contributed by atoms with Crippen LogP contribution >= 0.6 is 7.82 Å². The summed E-state index contributed by atoms with van der Waals surface area (Å²) in [6.07, 6.45) is 47.7. The van der Waals surface area contributed by atoms with E-state index in [2.05, 4.69) is 62.5 Å². The lowest BCUT2D eigenvalue weighted by atomic mass is 10.1. The highest BCUT2D eigenvalue weighted by molar-refractivity contribution is 7.47. The molecule has 354 valence electrons. The van der Waals surface area contributed by atoms with Crippen molar-refractivity contribution in [1.29, 1.82) is 0 Å². The first-order chi connectivity index (χ1) is 29.4. The van der Waals surface area contributed by atoms with Gasteiger partial charge in [-0.3, -0.25) is 18.6 Å². The van der Waals surface area contributed by atoms with Crippen LogP contribution in [-0.4, -0.2) is 86.1 Å². The Morgan fingerprint density at radius 2 is 1.05 bits per heavy atom. The Morgan fingerprint density at radius 1 is 0.574 bits per heavy atom. The van der Waals surface area contributed by atoms with Gasteiger partial charge in [0, 0.05) is 12.8 Å². The molecule has 10 nitrogen and oxygen atoms in total. The van der Waals surface area contributed by atoms with Crippen molar-refractivity contribution in [3.63, 3.8) is 0 Å². The molecular weight excluding hydrogens is 790 g/mol. The smallest absolute Gasteiger partial charge is 0.462 e. The van der Waals surface area contributed by atoms with Gasteiger partial charge in [0.2, 0.25) is 0 Å². The van der Waals surface area contributed by atoms with E-state index in [0.717, 1.165) is 57.8 Å². The summed E-state index contributed by atoms with van der Waals surface area (Å²) in [5.74, 6) is -0.887. The van der Waals surface area contributed by atoms with Gasteiger partial charge in [0.15, 0.2) is 6.10 Å². The fourth-order valence-corrected chi connectivity index (χ4v) is 7.05. The van der Waals surface area contributed by atoms with E-state index in [-0.39, 0.29) is 32.2 Å². The van der Waals surface area contributed by atoms with Gasteiger partial charge in [-0.05, 0) is 77.0 Å². The highest BCUT2D eigenvalue weighted by atomic mass is 31.2. The van der Waals surface area contributed by atoms with Crippen molar-refractivity contribution >= 4 is 19.8 Å². The minimum atomic E-state index is -4.40. The molecule has 11 heteroatoms. The number of rotatable bonds is 43. The predicted octanol–water partition coefficient (Wildman–Crippen LogP) is 13.0. The van der Waals surface area contributed by atoms with Crippen molar-refractivity contribution in [2.45, 2.75) is 199 Å². The third-order valence-electron chi connectivity index (χ3n) is 10.1. The monoisotopic (exact) mass is 881 g/mol. The zero-order valence-corrected chi connectivity index (χ0v) is 40.4. The first-order valence-corrected chi connectivity index (χ1v) is 25.6. The van der Waals surface area contributed by atoms with E-state index in [1.165, 1.54) is 83.5 Å². The summed E-state index contributed by atoms with van der Waals surface area (Å²) in [4.78, 5) is 35.4. The van der Waals surface area contributed by atoms with Gasteiger partial charge in [-0.15, -0.1) is 0 Å². The molecule has 0 aliphatic carbocycles. The number of nitrogens with zero attached hydrogens (tertiary/aromatic N) is 1. The van der Waals surface area contributed by atoms with Crippen molar-refractivity contribution in [3.05, 3.63) is 60.8 Å². The third kappa shape index (κ3) is 45.5. The number of phosphoric ester groups is 1. The Kier molecular flexibility index (Phi) is 40.1. The van der Waals surface area contributed by atoms with Gasteiger partial charge in [0.1, 0.15) is 19.8 Å². The summed E-state index contributed by atoms with van der Waals surface area (Å²) >= 11 is 0. The van der Waals surface area contributed by atoms with Crippen LogP contribution in [0.25, 0.3) is 0 Å². The number of phosphoric acid groups is 1. The van der Waals surface area contributed by atoms with E-state index >= 15 is 0 Å². The molecule has 0 aliphatic heterocycles. The zero-order chi connectivity index (χ0) is 45.1. The van der Waals surface area contributed by atoms with Crippen LogP contribution in [0.15, 0.2) is 60.8 Å². The molecule has 0 saturated carbocycles. The number of carbonyl (C=O) groups is 2. The molecule has 3 atom stereocenters. The van der Waals surface area contributed by atoms with Crippen molar-refractivity contribution in [1.82, 2.24) is 0 Å². The second-order valence-corrected chi connectivity index (χ2v) is 18.8. The second-order valence-electron chi connectivity index (χ2n) is 17.3. The number of hydrogen-bond donors (Lipinski definition) is 2. The number of unbranched alkanes of at least 4 members (excludes halogenated alkanes) is 16. The van der Waals surface area contributed by atoms with Gasteiger partial charge < -0.3 is 24.0 Å². The molecule has 0 aromatic carbocycles. The Bertz CT molecular complexity index is 1240. The van der Waals surface area contributed by atoms with Gasteiger partial charge in [0.05, 0.1) is 33.9 Å². The minimum absolute atomic E-state index is 0.0124. The quantitative estimate of drug-likeness (QED) is 0.0202. The van der Waals surface area contributed by atoms with E-state index in [4.69, 9.17) is 18.5 Å². The van der Waals surface area contributed by atoms with Crippen LogP contribution < -0.4 is 0 Å². The topological polar surface area (TPSA) is 129 Å². The van der Waals surface area contributed by atoms with Crippen LogP contribution in [0.1, 0.15) is 187 Å². The highest BCUT2D eigenvalue weighted by Crippen LogP contribution is 2.43. The molecule has 0 aromatic heterocycles. The van der Waals surface area contributed by atoms with Crippen LogP contribution in [0.3, 0.4) is 0 Å². The van der Waals surface area contributed by atoms with Crippen molar-refractivity contribution in [3.8, 4) is 0 Å². The average Bonchev–Trinajstić information content (AvgIpc) is 3.20. The molecule has 0 spiro atoms. The number of ether oxygens (including phenoxy) is 2. The lowest BCUT2D eigenvalue weighted by Crippen LogP contribution is -2.37. The number of hydrogen-bond acceptors (Lipinski definition) is 8. The molecule has 0 radical (unpaired) electrons. The minimum Gasteiger partial charge on any atom is -0.462 e. The normalized spacial score (nSPS) is 14.5. The molecular formula is C50H91NO9P+. The van der Waals surface area contributed by atoms with E-state index in [0.29, 0.717) is 30.3 Å². The van der Waals surface area contributed by atoms with E-state index in [1.807, 2.05) is 33.3 Å². The van der Waals surface area contributed by atoms with Gasteiger partial charge >= 0.3 is 19.8 Å². The summed E-state index contributed by atoms with van der Waals surface area (Å²) in [6, 6.07) is 0. The van der Waals surface area contributed by atoms with Crippen molar-refractivity contribution in [2.24, 2.45) is 0 Å². The van der Waals surface area contributed by atoms with Crippen molar-refractivity contribution in [2.75, 3.05) is 47.5 Å². The number of quaternary nitrogens is 1. The Labute approximate surface area is 373 Å². The SMILES string of the molecule is CCCCCCCC/C=C\CCCCCCCCCCCC(=O)OC[C@H](COP(=O)(O)OCC[N+](C)(C)C)OC(=O)CCC/C=C\C/C=C\C/C=C\C/C=C\CC(O)CCC. The molecule has 0 fully saturated rings. The fourth-order valence-electron chi connectivity index (χ4n) is 6.31. The van der Waals surface area contributed by atoms with Gasteiger partial charge in [-0.1, -0.05) is 158 Å². The van der Waals surface area contributed by atoms with E-state index < -0.39 is 32.5 Å². The largest absolute Gasteiger partial charge is 0.472 e. The lowest BCUT2D eigenvalue weighted by molar-refractivity contribution is -0.870. The Morgan fingerprint density at radius 3 is 1.61 bits per heavy atom. The maximum absolute atomic E-state index is 12.7. The summed E-state index contributed by atoms with van der Waals surface area (Å²) in [7, 11) is 1.41. The molecule has 2 unspecified atom stereocenters. The van der Waals surface area contributed by atoms with Crippen LogP contribution in [0.4, 0.5) is 0 Å². The van der Waals surface area contributed by atoms with Crippen molar-refractivity contribution < 1.29 is 47.2 Å². The molecule has 0 rings (SSSR count). The third-order valence-corrected chi connectivity index (χ3v) is 11.1. The number of aliphatic hydroxyl groups is 1. The molecule has 0 bridgehead atoms. The number of carbonyl (C=O) groups excluding carboxylic acids is 2. The van der Waals surface area contributed by atoms with E-state index in [1.54, 1.807) is 0 Å². The van der Waals surface area contributed by atoms with Crippen LogP contribution in [0, 0.1) is 0 Å². The summed E-state index contributed by atoms with van der Waals surface area (Å²) < 4.78 is 34.3. The van der Waals surface area contributed by atoms with E-state index in [9.17, 15) is 24.2 Å². The maximum Gasteiger partial charge on any atom is 0.472 e. The fraction of sp³-hybridized carbons (Fsp3) is 0.760. The maximum atomic E-state index is 12.7. The van der Waals surface area contributed by atoms with Crippen LogP contribution in [0.2, 0.25) is 0 Å². The first kappa shape index (κ1) is 58.7. The average molecular weight is 881 g/mol. The summed E-state index contributed by atoms with van der Waals surface area (Å²) in [5.41, 5.74) is 0. The highest BCUT2D eigenvalue weighted by Gasteiger charge is 2.27. The predicted molar refractivity (Wildman–Crippen MR) is 253 cm³/mol. The first-order valence-electron chi connectivity index (χ1n) is 24.1. The lowest BCUT2D eigenvalue weighted by Gasteiger charge is -2.24. The van der Waals surface area contributed by atoms with Crippen LogP contribution in [0.5, 0.6) is 0 Å². The molecule has 2 N–H and O–H groups in total. The Balaban J connectivity index is 4.40. The van der Waals surface area contributed by atoms with Crippen LogP contribution in [-0.2, 0) is 32.7 Å². The number of aliphatic hydroxyl groups excluding tert-OH is 1. The second kappa shape index (κ2) is 41.7. The molecule has 0 aliphatic rings.